The second-order valence-corrected chi connectivity index (χ2v) is 1.88. The highest BCUT2D eigenvalue weighted by Gasteiger charge is 2.01. The van der Waals surface area contributed by atoms with Crippen molar-refractivity contribution in [3.05, 3.63) is 0 Å². The number of quaternary nitrogens is 1. The van der Waals surface area contributed by atoms with Crippen molar-refractivity contribution < 1.29 is 10.0 Å². The van der Waals surface area contributed by atoms with Crippen LogP contribution < -0.4 is 4.90 Å². The third-order valence-electron chi connectivity index (χ3n) is 1.27. The van der Waals surface area contributed by atoms with Gasteiger partial charge in [0.1, 0.15) is 0 Å². The fourth-order valence-corrected chi connectivity index (χ4v) is 0.295. The first-order valence-corrected chi connectivity index (χ1v) is 2.68. The molecule has 0 heterocycles. The van der Waals surface area contributed by atoms with Crippen LogP contribution in [-0.2, 0) is 0 Å². The second-order valence-electron chi connectivity index (χ2n) is 1.88. The molecule has 0 bridgehead atoms. The topological polar surface area (TPSA) is 24.7 Å². The van der Waals surface area contributed by atoms with E-state index in [1.807, 2.05) is 14.0 Å². The summed E-state index contributed by atoms with van der Waals surface area (Å²) >= 11 is 0. The molecule has 0 spiro atoms. The molecule has 2 nitrogen and oxygen atoms in total. The van der Waals surface area contributed by atoms with Crippen molar-refractivity contribution in [1.29, 1.82) is 0 Å². The van der Waals surface area contributed by atoms with Crippen molar-refractivity contribution in [2.24, 2.45) is 0 Å². The van der Waals surface area contributed by atoms with Crippen LogP contribution in [-0.4, -0.2) is 24.9 Å². The second kappa shape index (κ2) is 2.99. The van der Waals surface area contributed by atoms with E-state index in [0.29, 0.717) is 0 Å². The Morgan fingerprint density at radius 1 is 1.71 bits per heavy atom. The van der Waals surface area contributed by atoms with Gasteiger partial charge in [-0.25, -0.2) is 0 Å². The van der Waals surface area contributed by atoms with Gasteiger partial charge in [0.2, 0.25) is 0 Å². The molecule has 44 valence electrons. The molecule has 0 aliphatic heterocycles. The molecule has 0 fully saturated rings. The Labute approximate surface area is 44.8 Å². The first-order chi connectivity index (χ1) is 3.18. The van der Waals surface area contributed by atoms with Gasteiger partial charge >= 0.3 is 0 Å². The summed E-state index contributed by atoms with van der Waals surface area (Å²) in [6.07, 6.45) is -0.218. The van der Waals surface area contributed by atoms with E-state index in [1.54, 1.807) is 6.92 Å². The highest BCUT2D eigenvalue weighted by molar-refractivity contribution is 4.13. The minimum Gasteiger partial charge on any atom is -0.345 e. The molecule has 0 saturated carbocycles. The third-order valence-corrected chi connectivity index (χ3v) is 1.27. The number of hydrogen-bond acceptors (Lipinski definition) is 1. The molecule has 2 atom stereocenters. The van der Waals surface area contributed by atoms with Crippen molar-refractivity contribution in [2.45, 2.75) is 20.1 Å². The Balaban J connectivity index is 3.14. The van der Waals surface area contributed by atoms with Crippen LogP contribution in [0, 0.1) is 0 Å². The van der Waals surface area contributed by atoms with Crippen molar-refractivity contribution >= 4 is 0 Å². The molecule has 0 aromatic heterocycles. The molecule has 0 aliphatic rings. The lowest BCUT2D eigenvalue weighted by atomic mass is 10.5. The summed E-state index contributed by atoms with van der Waals surface area (Å²) in [4.78, 5) is 1.15. The lowest BCUT2D eigenvalue weighted by Gasteiger charge is -2.13. The summed E-state index contributed by atoms with van der Waals surface area (Å²) in [6.45, 7) is 4.82. The maximum absolute atomic E-state index is 8.78. The molecule has 0 amide bonds. The van der Waals surface area contributed by atoms with E-state index in [1.165, 1.54) is 0 Å². The van der Waals surface area contributed by atoms with Crippen LogP contribution in [0.4, 0.5) is 0 Å². The lowest BCUT2D eigenvalue weighted by molar-refractivity contribution is -0.924. The normalized spacial score (nSPS) is 18.9. The summed E-state index contributed by atoms with van der Waals surface area (Å²) in [5.41, 5.74) is 0. The number of hydrogen-bond donors (Lipinski definition) is 2. The van der Waals surface area contributed by atoms with Crippen LogP contribution in [0.25, 0.3) is 0 Å². The van der Waals surface area contributed by atoms with Crippen LogP contribution >= 0.6 is 0 Å². The number of rotatable bonds is 2. The summed E-state index contributed by atoms with van der Waals surface area (Å²) in [5.74, 6) is 0. The minimum absolute atomic E-state index is 0.218. The van der Waals surface area contributed by atoms with E-state index < -0.39 is 0 Å². The van der Waals surface area contributed by atoms with Crippen molar-refractivity contribution in [3.63, 3.8) is 0 Å². The van der Waals surface area contributed by atoms with Gasteiger partial charge in [0, 0.05) is 6.92 Å². The molecular formula is C5H14NO+. The number of aliphatic hydroxyl groups is 1. The van der Waals surface area contributed by atoms with E-state index in [2.05, 4.69) is 0 Å². The predicted octanol–water partition coefficient (Wildman–Crippen LogP) is -1.14. The smallest absolute Gasteiger partial charge is 0.185 e. The number of aliphatic hydroxyl groups excluding tert-OH is 1. The zero-order chi connectivity index (χ0) is 5.86. The Hall–Kier alpha value is -0.0800. The average Bonchev–Trinajstić information content (AvgIpc) is 1.65. The standard InChI is InChI=1S/C5H13NO/c1-4-6(3)5(2)7/h5,7H,4H2,1-3H3/p+1. The van der Waals surface area contributed by atoms with Crippen molar-refractivity contribution in [3.8, 4) is 0 Å². The molecule has 7 heavy (non-hydrogen) atoms. The van der Waals surface area contributed by atoms with E-state index in [9.17, 15) is 0 Å². The Kier molecular flexibility index (Phi) is 2.96. The van der Waals surface area contributed by atoms with Gasteiger partial charge < -0.3 is 10.0 Å². The first-order valence-electron chi connectivity index (χ1n) is 2.68. The van der Waals surface area contributed by atoms with Crippen molar-refractivity contribution in [2.75, 3.05) is 13.6 Å². The highest BCUT2D eigenvalue weighted by atomic mass is 16.3. The summed E-state index contributed by atoms with van der Waals surface area (Å²) in [7, 11) is 1.96. The van der Waals surface area contributed by atoms with E-state index in [0.717, 1.165) is 11.4 Å². The maximum Gasteiger partial charge on any atom is 0.185 e. The quantitative estimate of drug-likeness (QED) is 0.425. The van der Waals surface area contributed by atoms with Crippen LogP contribution in [0.3, 0.4) is 0 Å². The largest absolute Gasteiger partial charge is 0.345 e. The van der Waals surface area contributed by atoms with Gasteiger partial charge in [0.15, 0.2) is 6.23 Å². The predicted molar refractivity (Wildman–Crippen MR) is 29.1 cm³/mol. The molecule has 2 heteroatoms. The zero-order valence-electron chi connectivity index (χ0n) is 5.23. The van der Waals surface area contributed by atoms with Gasteiger partial charge in [0.05, 0.1) is 13.6 Å². The van der Waals surface area contributed by atoms with Gasteiger partial charge in [-0.1, -0.05) is 0 Å². The molecule has 0 aromatic carbocycles. The average molecular weight is 104 g/mol. The maximum atomic E-state index is 8.78. The van der Waals surface area contributed by atoms with Crippen LogP contribution in [0.1, 0.15) is 13.8 Å². The van der Waals surface area contributed by atoms with Gasteiger partial charge in [-0.2, -0.15) is 0 Å². The molecule has 2 N–H and O–H groups in total. The highest BCUT2D eigenvalue weighted by Crippen LogP contribution is 1.56. The fourth-order valence-electron chi connectivity index (χ4n) is 0.295. The van der Waals surface area contributed by atoms with Gasteiger partial charge in [0.25, 0.3) is 0 Å². The third kappa shape index (κ3) is 2.60. The molecule has 0 rings (SSSR count). The number of nitrogens with one attached hydrogen (secondary N) is 1. The van der Waals surface area contributed by atoms with Crippen LogP contribution in [0.2, 0.25) is 0 Å². The van der Waals surface area contributed by atoms with E-state index >= 15 is 0 Å². The van der Waals surface area contributed by atoms with Gasteiger partial charge in [-0.05, 0) is 6.92 Å². The SMILES string of the molecule is CC[NH+](C)C(C)O. The summed E-state index contributed by atoms with van der Waals surface area (Å²) in [6, 6.07) is 0. The van der Waals surface area contributed by atoms with Crippen LogP contribution in [0.5, 0.6) is 0 Å². The monoisotopic (exact) mass is 104 g/mol. The summed E-state index contributed by atoms with van der Waals surface area (Å²) < 4.78 is 0. The molecule has 0 saturated heterocycles. The minimum atomic E-state index is -0.218. The van der Waals surface area contributed by atoms with Gasteiger partial charge in [-0.3, -0.25) is 0 Å². The summed E-state index contributed by atoms with van der Waals surface area (Å²) in [5, 5.41) is 8.78. The first kappa shape index (κ1) is 6.92. The lowest BCUT2D eigenvalue weighted by Crippen LogP contribution is -3.12. The Bertz CT molecular complexity index is 45.3. The molecule has 0 aromatic rings. The molecule has 0 aliphatic carbocycles. The molecular weight excluding hydrogens is 90.1 g/mol. The fraction of sp³-hybridized carbons (Fsp3) is 1.00. The molecule has 0 radical (unpaired) electrons. The van der Waals surface area contributed by atoms with E-state index in [4.69, 9.17) is 5.11 Å². The van der Waals surface area contributed by atoms with E-state index in [-0.39, 0.29) is 6.23 Å². The van der Waals surface area contributed by atoms with Crippen LogP contribution in [0.15, 0.2) is 0 Å². The van der Waals surface area contributed by atoms with Crippen molar-refractivity contribution in [1.82, 2.24) is 0 Å². The Morgan fingerprint density at radius 3 is 2.14 bits per heavy atom. The Morgan fingerprint density at radius 2 is 2.14 bits per heavy atom. The molecule has 2 unspecified atom stereocenters. The van der Waals surface area contributed by atoms with Gasteiger partial charge in [-0.15, -0.1) is 0 Å². The zero-order valence-corrected chi connectivity index (χ0v) is 5.23.